The number of benzene rings is 1. The highest BCUT2D eigenvalue weighted by Gasteiger charge is 2.24. The normalized spacial score (nSPS) is 11.7. The van der Waals surface area contributed by atoms with E-state index in [4.69, 9.17) is 4.74 Å². The van der Waals surface area contributed by atoms with E-state index >= 15 is 0 Å². The third kappa shape index (κ3) is 4.79. The second-order valence-electron chi connectivity index (χ2n) is 6.89. The molecular weight excluding hydrogens is 290 g/mol. The number of aliphatic hydroxyl groups is 1. The number of aryl methyl sites for hydroxylation is 2. The number of aromatic nitrogens is 3. The zero-order chi connectivity index (χ0) is 16.9. The summed E-state index contributed by atoms with van der Waals surface area (Å²) in [7, 11) is 0. The first kappa shape index (κ1) is 17.5. The fraction of sp³-hybridized carbons (Fsp3) is 0.556. The van der Waals surface area contributed by atoms with Gasteiger partial charge >= 0.3 is 0 Å². The van der Waals surface area contributed by atoms with Crippen molar-refractivity contribution in [2.24, 2.45) is 0 Å². The van der Waals surface area contributed by atoms with E-state index in [2.05, 4.69) is 44.1 Å². The first-order chi connectivity index (χ1) is 10.9. The maximum absolute atomic E-state index is 9.42. The molecule has 23 heavy (non-hydrogen) atoms. The molecule has 1 aromatic heterocycles. The molecular formula is C18H27N3O2. The van der Waals surface area contributed by atoms with Crippen molar-refractivity contribution in [1.82, 2.24) is 15.0 Å². The third-order valence-corrected chi connectivity index (χ3v) is 3.69. The minimum Gasteiger partial charge on any atom is -0.494 e. The summed E-state index contributed by atoms with van der Waals surface area (Å²) in [4.78, 5) is 0. The molecule has 0 bridgehead atoms. The summed E-state index contributed by atoms with van der Waals surface area (Å²) in [5.74, 6) is 0.920. The van der Waals surface area contributed by atoms with E-state index in [9.17, 15) is 5.11 Å². The van der Waals surface area contributed by atoms with Crippen molar-refractivity contribution in [3.8, 4) is 5.75 Å². The molecule has 0 saturated heterocycles. The van der Waals surface area contributed by atoms with Crippen LogP contribution in [0.5, 0.6) is 5.75 Å². The molecule has 1 heterocycles. The van der Waals surface area contributed by atoms with Crippen LogP contribution >= 0.6 is 0 Å². The van der Waals surface area contributed by atoms with E-state index in [1.165, 1.54) is 5.56 Å². The van der Waals surface area contributed by atoms with Crippen molar-refractivity contribution in [3.63, 3.8) is 0 Å². The van der Waals surface area contributed by atoms with Crippen molar-refractivity contribution in [2.75, 3.05) is 6.61 Å². The Balaban J connectivity index is 1.84. The topological polar surface area (TPSA) is 60.2 Å². The van der Waals surface area contributed by atoms with Crippen LogP contribution in [-0.4, -0.2) is 26.7 Å². The Bertz CT molecular complexity index is 629. The Morgan fingerprint density at radius 3 is 2.65 bits per heavy atom. The smallest absolute Gasteiger partial charge is 0.119 e. The Morgan fingerprint density at radius 2 is 2.00 bits per heavy atom. The molecule has 0 unspecified atom stereocenters. The number of unbranched alkanes of at least 4 members (excludes halogenated alkanes) is 1. The predicted octanol–water partition coefficient (Wildman–Crippen LogP) is 3.24. The summed E-state index contributed by atoms with van der Waals surface area (Å²) in [5.41, 5.74) is 2.81. The molecule has 2 rings (SSSR count). The lowest BCUT2D eigenvalue weighted by atomic mass is 9.90. The van der Waals surface area contributed by atoms with Gasteiger partial charge in [0.1, 0.15) is 11.4 Å². The summed E-state index contributed by atoms with van der Waals surface area (Å²) in [6, 6.07) is 8.09. The van der Waals surface area contributed by atoms with Gasteiger partial charge in [0.05, 0.1) is 18.9 Å². The molecule has 0 saturated carbocycles. The van der Waals surface area contributed by atoms with Gasteiger partial charge in [-0.1, -0.05) is 38.1 Å². The molecule has 0 spiro atoms. The SMILES string of the molecule is Cc1cccc(OCCCCn2nnc(CO)c2C(C)(C)C)c1. The minimum absolute atomic E-state index is 0.0664. The molecule has 0 radical (unpaired) electrons. The van der Waals surface area contributed by atoms with Crippen LogP contribution in [0.3, 0.4) is 0 Å². The van der Waals surface area contributed by atoms with Gasteiger partial charge in [0, 0.05) is 12.0 Å². The summed E-state index contributed by atoms with van der Waals surface area (Å²) >= 11 is 0. The van der Waals surface area contributed by atoms with E-state index in [-0.39, 0.29) is 12.0 Å². The Morgan fingerprint density at radius 1 is 1.22 bits per heavy atom. The van der Waals surface area contributed by atoms with Gasteiger partial charge in [-0.25, -0.2) is 4.68 Å². The van der Waals surface area contributed by atoms with Gasteiger partial charge in [0.15, 0.2) is 0 Å². The van der Waals surface area contributed by atoms with Crippen molar-refractivity contribution in [3.05, 3.63) is 41.2 Å². The number of ether oxygens (including phenoxy) is 1. The first-order valence-corrected chi connectivity index (χ1v) is 8.15. The quantitative estimate of drug-likeness (QED) is 0.796. The predicted molar refractivity (Wildman–Crippen MR) is 90.6 cm³/mol. The highest BCUT2D eigenvalue weighted by Crippen LogP contribution is 2.25. The van der Waals surface area contributed by atoms with Gasteiger partial charge in [-0.2, -0.15) is 0 Å². The summed E-state index contributed by atoms with van der Waals surface area (Å²) in [5, 5.41) is 17.7. The molecule has 2 aromatic rings. The molecule has 5 nitrogen and oxygen atoms in total. The van der Waals surface area contributed by atoms with Crippen LogP contribution in [-0.2, 0) is 18.6 Å². The highest BCUT2D eigenvalue weighted by atomic mass is 16.5. The molecule has 0 aliphatic carbocycles. The molecule has 0 atom stereocenters. The van der Waals surface area contributed by atoms with Crippen LogP contribution < -0.4 is 4.74 Å². The van der Waals surface area contributed by atoms with Crippen LogP contribution in [0.2, 0.25) is 0 Å². The zero-order valence-corrected chi connectivity index (χ0v) is 14.5. The lowest BCUT2D eigenvalue weighted by Crippen LogP contribution is -2.20. The number of rotatable bonds is 7. The lowest BCUT2D eigenvalue weighted by molar-refractivity contribution is 0.272. The van der Waals surface area contributed by atoms with Crippen LogP contribution in [0, 0.1) is 6.92 Å². The largest absolute Gasteiger partial charge is 0.494 e. The van der Waals surface area contributed by atoms with Crippen LogP contribution in [0.15, 0.2) is 24.3 Å². The minimum atomic E-state index is -0.0837. The summed E-state index contributed by atoms with van der Waals surface area (Å²) < 4.78 is 7.68. The molecule has 126 valence electrons. The van der Waals surface area contributed by atoms with Gasteiger partial charge in [-0.3, -0.25) is 0 Å². The number of hydrogen-bond donors (Lipinski definition) is 1. The molecule has 1 N–H and O–H groups in total. The molecule has 1 aromatic carbocycles. The van der Waals surface area contributed by atoms with E-state index < -0.39 is 0 Å². The highest BCUT2D eigenvalue weighted by molar-refractivity contribution is 5.27. The maximum atomic E-state index is 9.42. The molecule has 0 fully saturated rings. The van der Waals surface area contributed by atoms with Gasteiger partial charge in [-0.15, -0.1) is 5.10 Å². The maximum Gasteiger partial charge on any atom is 0.119 e. The van der Waals surface area contributed by atoms with Gasteiger partial charge in [0.25, 0.3) is 0 Å². The Hall–Kier alpha value is -1.88. The number of aliphatic hydroxyl groups excluding tert-OH is 1. The second kappa shape index (κ2) is 7.59. The average Bonchev–Trinajstić information content (AvgIpc) is 2.90. The van der Waals surface area contributed by atoms with E-state index in [0.29, 0.717) is 12.3 Å². The van der Waals surface area contributed by atoms with E-state index in [1.54, 1.807) is 0 Å². The van der Waals surface area contributed by atoms with Gasteiger partial charge in [-0.05, 0) is 37.5 Å². The third-order valence-electron chi connectivity index (χ3n) is 3.69. The van der Waals surface area contributed by atoms with Gasteiger partial charge in [0.2, 0.25) is 0 Å². The first-order valence-electron chi connectivity index (χ1n) is 8.15. The zero-order valence-electron chi connectivity index (χ0n) is 14.5. The van der Waals surface area contributed by atoms with Crippen molar-refractivity contribution < 1.29 is 9.84 Å². The summed E-state index contributed by atoms with van der Waals surface area (Å²) in [6.07, 6.45) is 1.91. The number of nitrogens with zero attached hydrogens (tertiary/aromatic N) is 3. The Labute approximate surface area is 138 Å². The monoisotopic (exact) mass is 317 g/mol. The van der Waals surface area contributed by atoms with Crippen LogP contribution in [0.1, 0.15) is 50.6 Å². The number of hydrogen-bond acceptors (Lipinski definition) is 4. The second-order valence-corrected chi connectivity index (χ2v) is 6.89. The Kier molecular flexibility index (Phi) is 5.77. The van der Waals surface area contributed by atoms with Crippen molar-refractivity contribution in [2.45, 2.75) is 59.1 Å². The van der Waals surface area contributed by atoms with Crippen molar-refractivity contribution in [1.29, 1.82) is 0 Å². The average molecular weight is 317 g/mol. The fourth-order valence-corrected chi connectivity index (χ4v) is 2.69. The van der Waals surface area contributed by atoms with Crippen LogP contribution in [0.25, 0.3) is 0 Å². The van der Waals surface area contributed by atoms with E-state index in [0.717, 1.165) is 30.8 Å². The van der Waals surface area contributed by atoms with Crippen molar-refractivity contribution >= 4 is 0 Å². The fourth-order valence-electron chi connectivity index (χ4n) is 2.69. The van der Waals surface area contributed by atoms with E-state index in [1.807, 2.05) is 22.9 Å². The molecule has 5 heteroatoms. The summed E-state index contributed by atoms with van der Waals surface area (Å²) in [6.45, 7) is 9.81. The van der Waals surface area contributed by atoms with Crippen LogP contribution in [0.4, 0.5) is 0 Å². The molecule has 0 amide bonds. The molecule has 0 aliphatic heterocycles. The standard InChI is InChI=1S/C18H27N3O2/c1-14-8-7-9-15(12-14)23-11-6-5-10-21-17(18(2,3)4)16(13-22)19-20-21/h7-9,12,22H,5-6,10-11,13H2,1-4H3. The molecule has 0 aliphatic rings. The lowest BCUT2D eigenvalue weighted by Gasteiger charge is -2.20. The van der Waals surface area contributed by atoms with Gasteiger partial charge < -0.3 is 9.84 Å².